The van der Waals surface area contributed by atoms with E-state index in [4.69, 9.17) is 18.6 Å². The Morgan fingerprint density at radius 2 is 1.73 bits per heavy atom. The van der Waals surface area contributed by atoms with Crippen LogP contribution in [-0.4, -0.2) is 18.7 Å². The molecule has 3 aromatic rings. The molecular formula is C45H57BrO6. The first kappa shape index (κ1) is 37.3. The number of allylic oxidation sites excluding steroid dienone is 1. The van der Waals surface area contributed by atoms with Crippen molar-refractivity contribution < 1.29 is 23.4 Å². The lowest BCUT2D eigenvalue weighted by atomic mass is 9.47. The Balaban J connectivity index is 0.944. The number of hydrogen-bond donors (Lipinski definition) is 0. The van der Waals surface area contributed by atoms with Crippen molar-refractivity contribution in [1.82, 2.24) is 0 Å². The van der Waals surface area contributed by atoms with Crippen LogP contribution in [-0.2, 0) is 9.53 Å². The van der Waals surface area contributed by atoms with Crippen LogP contribution < -0.4 is 14.9 Å². The zero-order valence-electron chi connectivity index (χ0n) is 32.0. The van der Waals surface area contributed by atoms with Crippen LogP contribution in [0.5, 0.6) is 17.2 Å². The van der Waals surface area contributed by atoms with Crippen molar-refractivity contribution in [2.75, 3.05) is 6.61 Å². The van der Waals surface area contributed by atoms with Crippen LogP contribution in [0.3, 0.4) is 0 Å². The third-order valence-corrected chi connectivity index (χ3v) is 14.5. The fourth-order valence-corrected chi connectivity index (χ4v) is 11.5. The van der Waals surface area contributed by atoms with E-state index in [0.717, 1.165) is 59.2 Å². The van der Waals surface area contributed by atoms with Gasteiger partial charge in [0, 0.05) is 17.0 Å². The molecule has 0 amide bonds. The Morgan fingerprint density at radius 1 is 0.962 bits per heavy atom. The van der Waals surface area contributed by atoms with E-state index < -0.39 is 0 Å². The Morgan fingerprint density at radius 3 is 2.50 bits per heavy atom. The van der Waals surface area contributed by atoms with Crippen LogP contribution in [0.1, 0.15) is 111 Å². The maximum Gasteiger partial charge on any atom is 0.344 e. The third kappa shape index (κ3) is 7.24. The number of benzene rings is 2. The lowest BCUT2D eigenvalue weighted by Crippen LogP contribution is -2.51. The fraction of sp³-hybridized carbons (Fsp3) is 0.600. The molecule has 0 unspecified atom stereocenters. The van der Waals surface area contributed by atoms with Crippen LogP contribution in [0, 0.1) is 53.3 Å². The van der Waals surface area contributed by atoms with Crippen molar-refractivity contribution in [3.63, 3.8) is 0 Å². The first-order chi connectivity index (χ1) is 24.9. The van der Waals surface area contributed by atoms with Gasteiger partial charge in [-0.1, -0.05) is 81.5 Å². The van der Waals surface area contributed by atoms with Crippen LogP contribution in [0.15, 0.2) is 67.8 Å². The molecule has 4 aliphatic carbocycles. The zero-order valence-corrected chi connectivity index (χ0v) is 33.6. The SMILES string of the molecule is Cc1oc2cc(OCC(=O)O[C@H]3CC[C@@]4(C)C(=CC[C@@H]5[C@H]6CC[C@@H]([C@H](C)CCCC(C)C)[C@@]6(C)CC[C@H]54)C3)ccc2c(=O)c1Oc1ccc(Br)cc1. The molecule has 3 saturated carbocycles. The van der Waals surface area contributed by atoms with Gasteiger partial charge >= 0.3 is 5.97 Å². The molecule has 4 aliphatic rings. The van der Waals surface area contributed by atoms with E-state index >= 15 is 0 Å². The van der Waals surface area contributed by atoms with E-state index in [9.17, 15) is 9.59 Å². The molecule has 3 fully saturated rings. The molecule has 0 spiro atoms. The summed E-state index contributed by atoms with van der Waals surface area (Å²) in [7, 11) is 0. The van der Waals surface area contributed by atoms with E-state index in [-0.39, 0.29) is 35.3 Å². The average Bonchev–Trinajstić information content (AvgIpc) is 3.47. The Kier molecular flexibility index (Phi) is 10.7. The van der Waals surface area contributed by atoms with Crippen molar-refractivity contribution in [3.8, 4) is 17.2 Å². The lowest BCUT2D eigenvalue weighted by molar-refractivity contribution is -0.153. The van der Waals surface area contributed by atoms with Gasteiger partial charge in [0.2, 0.25) is 11.2 Å². The molecule has 2 aromatic carbocycles. The lowest BCUT2D eigenvalue weighted by Gasteiger charge is -2.58. The fourth-order valence-electron chi connectivity index (χ4n) is 11.2. The number of aryl methyl sites for hydroxylation is 1. The molecule has 7 heteroatoms. The predicted molar refractivity (Wildman–Crippen MR) is 210 cm³/mol. The van der Waals surface area contributed by atoms with Gasteiger partial charge in [-0.15, -0.1) is 0 Å². The first-order valence-corrected chi connectivity index (χ1v) is 20.7. The van der Waals surface area contributed by atoms with E-state index in [1.807, 2.05) is 12.1 Å². The summed E-state index contributed by atoms with van der Waals surface area (Å²) >= 11 is 3.41. The van der Waals surface area contributed by atoms with Crippen molar-refractivity contribution in [1.29, 1.82) is 0 Å². The van der Waals surface area contributed by atoms with E-state index in [1.165, 1.54) is 56.9 Å². The van der Waals surface area contributed by atoms with Crippen LogP contribution in [0.4, 0.5) is 0 Å². The van der Waals surface area contributed by atoms with Gasteiger partial charge in [-0.2, -0.15) is 0 Å². The van der Waals surface area contributed by atoms with E-state index in [2.05, 4.69) is 56.6 Å². The van der Waals surface area contributed by atoms with Crippen molar-refractivity contribution >= 4 is 32.9 Å². The maximum atomic E-state index is 13.3. The number of fused-ring (bicyclic) bond motifs is 6. The van der Waals surface area contributed by atoms with Gasteiger partial charge in [0.25, 0.3) is 0 Å². The molecule has 0 saturated heterocycles. The molecule has 0 radical (unpaired) electrons. The molecule has 7 rings (SSSR count). The first-order valence-electron chi connectivity index (χ1n) is 19.9. The zero-order chi connectivity index (χ0) is 36.8. The van der Waals surface area contributed by atoms with Crippen molar-refractivity contribution in [3.05, 3.63) is 74.6 Å². The van der Waals surface area contributed by atoms with Gasteiger partial charge in [-0.05, 0) is 135 Å². The molecule has 8 atom stereocenters. The molecule has 6 nitrogen and oxygen atoms in total. The van der Waals surface area contributed by atoms with Crippen molar-refractivity contribution in [2.45, 2.75) is 118 Å². The van der Waals surface area contributed by atoms with E-state index in [0.29, 0.717) is 33.6 Å². The molecule has 0 aliphatic heterocycles. The number of hydrogen-bond acceptors (Lipinski definition) is 6. The van der Waals surface area contributed by atoms with Gasteiger partial charge in [0.05, 0.1) is 5.39 Å². The molecule has 280 valence electrons. The smallest absolute Gasteiger partial charge is 0.344 e. The highest BCUT2D eigenvalue weighted by Crippen LogP contribution is 2.67. The van der Waals surface area contributed by atoms with Gasteiger partial charge in [-0.25, -0.2) is 4.79 Å². The summed E-state index contributed by atoms with van der Waals surface area (Å²) in [6.45, 7) is 13.9. The highest BCUT2D eigenvalue weighted by Gasteiger charge is 2.59. The minimum Gasteiger partial charge on any atom is -0.482 e. The largest absolute Gasteiger partial charge is 0.482 e. The summed E-state index contributed by atoms with van der Waals surface area (Å²) in [6, 6.07) is 12.2. The summed E-state index contributed by atoms with van der Waals surface area (Å²) in [4.78, 5) is 26.3. The minimum atomic E-state index is -0.369. The highest BCUT2D eigenvalue weighted by atomic mass is 79.9. The Bertz CT molecular complexity index is 1860. The highest BCUT2D eigenvalue weighted by molar-refractivity contribution is 9.10. The Labute approximate surface area is 318 Å². The summed E-state index contributed by atoms with van der Waals surface area (Å²) in [5.41, 5.74) is 2.32. The standard InChI is InChI=1S/C45H57BrO6/c1-27(2)8-7-9-28(3)37-18-19-38-35-16-10-30-24-34(20-22-44(30,5)39(35)21-23-45(37,38)6)51-41(47)26-49-33-15-17-36-40(25-33)50-29(4)43(42(36)48)52-32-13-11-31(46)12-14-32/h10-15,17,25,27-28,34-35,37-39H,7-9,16,18-24,26H2,1-6H3/t28-,34+,35-,37+,38-,39-,44+,45-/m1/s1. The third-order valence-electron chi connectivity index (χ3n) is 13.9. The number of rotatable bonds is 11. The molecule has 0 N–H and O–H groups in total. The summed E-state index contributed by atoms with van der Waals surface area (Å²) in [5.74, 6) is 5.98. The summed E-state index contributed by atoms with van der Waals surface area (Å²) in [5, 5.41) is 0.378. The maximum absolute atomic E-state index is 13.3. The minimum absolute atomic E-state index is 0.121. The topological polar surface area (TPSA) is 75.0 Å². The molecular weight excluding hydrogens is 716 g/mol. The van der Waals surface area contributed by atoms with Gasteiger partial charge in [0.15, 0.2) is 6.61 Å². The van der Waals surface area contributed by atoms with Crippen LogP contribution in [0.25, 0.3) is 11.0 Å². The second-order valence-corrected chi connectivity index (χ2v) is 18.4. The number of carbonyl (C=O) groups is 1. The van der Waals surface area contributed by atoms with Gasteiger partial charge < -0.3 is 18.6 Å². The number of ether oxygens (including phenoxy) is 3. The normalized spacial score (nSPS) is 30.2. The van der Waals surface area contributed by atoms with Crippen LogP contribution in [0.2, 0.25) is 0 Å². The molecule has 1 heterocycles. The average molecular weight is 774 g/mol. The van der Waals surface area contributed by atoms with E-state index in [1.54, 1.807) is 37.3 Å². The molecule has 0 bridgehead atoms. The van der Waals surface area contributed by atoms with Crippen LogP contribution >= 0.6 is 15.9 Å². The number of esters is 1. The van der Waals surface area contributed by atoms with Gasteiger partial charge in [0.1, 0.15) is 28.9 Å². The second kappa shape index (κ2) is 15.0. The number of halogens is 1. The summed E-state index contributed by atoms with van der Waals surface area (Å²) in [6.07, 6.45) is 16.1. The van der Waals surface area contributed by atoms with Crippen molar-refractivity contribution in [2.24, 2.45) is 46.3 Å². The van der Waals surface area contributed by atoms with Gasteiger partial charge in [-0.3, -0.25) is 4.79 Å². The monoisotopic (exact) mass is 772 g/mol. The summed E-state index contributed by atoms with van der Waals surface area (Å²) < 4.78 is 24.6. The second-order valence-electron chi connectivity index (χ2n) is 17.5. The Hall–Kier alpha value is -3.06. The quantitative estimate of drug-likeness (QED) is 0.143. The number of carbonyl (C=O) groups excluding carboxylic acids is 1. The predicted octanol–water partition coefficient (Wildman–Crippen LogP) is 12.0. The molecule has 52 heavy (non-hydrogen) atoms. The molecule has 1 aromatic heterocycles.